The Bertz CT molecular complexity index is 1160. The quantitative estimate of drug-likeness (QED) is 0.573. The molecule has 0 saturated carbocycles. The maximum atomic E-state index is 13.6. The summed E-state index contributed by atoms with van der Waals surface area (Å²) in [6.45, 7) is 3.28. The van der Waals surface area contributed by atoms with Crippen molar-refractivity contribution in [3.05, 3.63) is 71.0 Å². The van der Waals surface area contributed by atoms with Crippen LogP contribution in [0.2, 0.25) is 0 Å². The third-order valence-electron chi connectivity index (χ3n) is 6.76. The minimum atomic E-state index is -0.213. The van der Waals surface area contributed by atoms with Crippen molar-refractivity contribution in [3.63, 3.8) is 0 Å². The number of benzene rings is 3. The summed E-state index contributed by atoms with van der Waals surface area (Å²) in [6.07, 6.45) is 1.96. The van der Waals surface area contributed by atoms with E-state index in [1.165, 1.54) is 5.56 Å². The van der Waals surface area contributed by atoms with E-state index in [0.717, 1.165) is 48.8 Å². The first-order valence-electron chi connectivity index (χ1n) is 11.2. The summed E-state index contributed by atoms with van der Waals surface area (Å²) in [4.78, 5) is 2.28. The number of hydrogen-bond acceptors (Lipinski definition) is 5. The Labute approximate surface area is 194 Å². The summed E-state index contributed by atoms with van der Waals surface area (Å²) in [5, 5.41) is 15.3. The summed E-state index contributed by atoms with van der Waals surface area (Å²) in [7, 11) is 5.27. The van der Waals surface area contributed by atoms with Crippen LogP contribution in [-0.2, 0) is 12.0 Å². The number of fused-ring (bicyclic) bond motifs is 1. The van der Waals surface area contributed by atoms with Gasteiger partial charge in [-0.25, -0.2) is 4.39 Å². The summed E-state index contributed by atoms with van der Waals surface area (Å²) in [5.74, 6) is 0.883. The van der Waals surface area contributed by atoms with Crippen molar-refractivity contribution in [2.75, 3.05) is 40.9 Å². The highest BCUT2D eigenvalue weighted by Gasteiger charge is 2.35. The van der Waals surface area contributed by atoms with E-state index in [9.17, 15) is 9.65 Å². The number of nitrogens with zero attached hydrogens (tertiary/aromatic N) is 2. The van der Waals surface area contributed by atoms with Crippen molar-refractivity contribution < 1.29 is 13.9 Å². The lowest BCUT2D eigenvalue weighted by molar-refractivity contribution is 0.194. The molecule has 0 radical (unpaired) electrons. The third kappa shape index (κ3) is 4.39. The van der Waals surface area contributed by atoms with Gasteiger partial charge in [-0.1, -0.05) is 36.4 Å². The normalized spacial score (nSPS) is 15.4. The van der Waals surface area contributed by atoms with E-state index in [1.807, 2.05) is 36.4 Å². The second kappa shape index (κ2) is 9.78. The summed E-state index contributed by atoms with van der Waals surface area (Å²) in [5.41, 5.74) is 2.48. The van der Waals surface area contributed by atoms with Crippen molar-refractivity contribution in [2.24, 2.45) is 0 Å². The average molecular weight is 448 g/mol. The van der Waals surface area contributed by atoms with Gasteiger partial charge in [0.1, 0.15) is 28.9 Å². The number of ether oxygens (including phenoxy) is 2. The molecule has 1 saturated heterocycles. The lowest BCUT2D eigenvalue weighted by Gasteiger charge is -2.41. The largest absolute Gasteiger partial charge is 0.495 e. The molecule has 0 unspecified atom stereocenters. The van der Waals surface area contributed by atoms with Gasteiger partial charge in [-0.15, -0.1) is 0 Å². The van der Waals surface area contributed by atoms with Gasteiger partial charge in [0.15, 0.2) is 0 Å². The van der Waals surface area contributed by atoms with Crippen LogP contribution in [0.5, 0.6) is 11.5 Å². The molecule has 0 aromatic heterocycles. The van der Waals surface area contributed by atoms with Gasteiger partial charge in [-0.05, 0) is 56.1 Å². The van der Waals surface area contributed by atoms with Crippen molar-refractivity contribution in [3.8, 4) is 17.6 Å². The topological polar surface area (TPSA) is 57.5 Å². The summed E-state index contributed by atoms with van der Waals surface area (Å²) >= 11 is 0. The van der Waals surface area contributed by atoms with Crippen LogP contribution < -0.4 is 14.8 Å². The molecule has 1 fully saturated rings. The molecule has 3 aromatic rings. The Morgan fingerprint density at radius 3 is 2.24 bits per heavy atom. The first-order valence-corrected chi connectivity index (χ1v) is 11.2. The van der Waals surface area contributed by atoms with Crippen LogP contribution in [-0.4, -0.2) is 45.8 Å². The standard InChI is InChI=1S/C27H30FN3O2/c1-31(18-27(12-14-30-15-13-27)19-8-10-20(28)11-9-19)17-24-21-6-4-5-7-22(21)25(32-2)23(16-29)26(24)33-3/h4-11,30H,12-15,17-18H2,1-3H3. The predicted molar refractivity (Wildman–Crippen MR) is 128 cm³/mol. The lowest BCUT2D eigenvalue weighted by atomic mass is 9.72. The Hall–Kier alpha value is -3.14. The van der Waals surface area contributed by atoms with E-state index in [0.29, 0.717) is 23.6 Å². The number of nitriles is 1. The van der Waals surface area contributed by atoms with Crippen LogP contribution in [0.3, 0.4) is 0 Å². The molecule has 1 heterocycles. The van der Waals surface area contributed by atoms with Crippen LogP contribution in [0.15, 0.2) is 48.5 Å². The van der Waals surface area contributed by atoms with Gasteiger partial charge in [0, 0.05) is 29.5 Å². The lowest BCUT2D eigenvalue weighted by Crippen LogP contribution is -2.46. The zero-order chi connectivity index (χ0) is 23.4. The minimum absolute atomic E-state index is 0.0682. The molecule has 0 bridgehead atoms. The van der Waals surface area contributed by atoms with Crippen molar-refractivity contribution >= 4 is 10.8 Å². The van der Waals surface area contributed by atoms with Crippen LogP contribution >= 0.6 is 0 Å². The average Bonchev–Trinajstić information content (AvgIpc) is 2.84. The molecule has 1 aliphatic rings. The molecule has 172 valence electrons. The van der Waals surface area contributed by atoms with E-state index in [2.05, 4.69) is 23.3 Å². The number of piperidine rings is 1. The van der Waals surface area contributed by atoms with Crippen LogP contribution in [0.4, 0.5) is 4.39 Å². The fourth-order valence-corrected chi connectivity index (χ4v) is 5.24. The highest BCUT2D eigenvalue weighted by atomic mass is 19.1. The zero-order valence-electron chi connectivity index (χ0n) is 19.5. The van der Waals surface area contributed by atoms with Gasteiger partial charge < -0.3 is 19.7 Å². The second-order valence-electron chi connectivity index (χ2n) is 8.79. The molecule has 1 aliphatic heterocycles. The van der Waals surface area contributed by atoms with E-state index in [1.54, 1.807) is 26.4 Å². The van der Waals surface area contributed by atoms with Crippen molar-refractivity contribution in [1.82, 2.24) is 10.2 Å². The monoisotopic (exact) mass is 447 g/mol. The molecule has 6 heteroatoms. The van der Waals surface area contributed by atoms with Gasteiger partial charge in [0.05, 0.1) is 14.2 Å². The highest BCUT2D eigenvalue weighted by molar-refractivity contribution is 5.95. The summed E-state index contributed by atoms with van der Waals surface area (Å²) < 4.78 is 25.0. The Morgan fingerprint density at radius 2 is 1.64 bits per heavy atom. The molecule has 1 N–H and O–H groups in total. The van der Waals surface area contributed by atoms with Gasteiger partial charge in [-0.2, -0.15) is 5.26 Å². The third-order valence-corrected chi connectivity index (χ3v) is 6.76. The summed E-state index contributed by atoms with van der Waals surface area (Å²) in [6, 6.07) is 17.2. The molecule has 5 nitrogen and oxygen atoms in total. The maximum absolute atomic E-state index is 13.6. The van der Waals surface area contributed by atoms with Crippen LogP contribution in [0.1, 0.15) is 29.5 Å². The van der Waals surface area contributed by atoms with Crippen molar-refractivity contribution in [1.29, 1.82) is 5.26 Å². The maximum Gasteiger partial charge on any atom is 0.148 e. The molecule has 0 amide bonds. The van der Waals surface area contributed by atoms with E-state index in [4.69, 9.17) is 9.47 Å². The van der Waals surface area contributed by atoms with E-state index >= 15 is 0 Å². The number of halogens is 1. The molecule has 0 aliphatic carbocycles. The van der Waals surface area contributed by atoms with Crippen molar-refractivity contribution in [2.45, 2.75) is 24.8 Å². The second-order valence-corrected chi connectivity index (χ2v) is 8.79. The molecule has 0 atom stereocenters. The van der Waals surface area contributed by atoms with E-state index in [-0.39, 0.29) is 11.2 Å². The fourth-order valence-electron chi connectivity index (χ4n) is 5.24. The number of likely N-dealkylation sites (N-methyl/N-ethyl adjacent to an activating group) is 1. The minimum Gasteiger partial charge on any atom is -0.495 e. The predicted octanol–water partition coefficient (Wildman–Crippen LogP) is 4.62. The van der Waals surface area contributed by atoms with Gasteiger partial charge in [-0.3, -0.25) is 0 Å². The molecular formula is C27H30FN3O2. The zero-order valence-corrected chi connectivity index (χ0v) is 19.5. The molecular weight excluding hydrogens is 417 g/mol. The number of methoxy groups -OCH3 is 2. The molecule has 3 aromatic carbocycles. The number of rotatable bonds is 7. The highest BCUT2D eigenvalue weighted by Crippen LogP contribution is 2.42. The van der Waals surface area contributed by atoms with Gasteiger partial charge in [0.2, 0.25) is 0 Å². The first kappa shape index (κ1) is 23.0. The smallest absolute Gasteiger partial charge is 0.148 e. The number of nitrogens with one attached hydrogen (secondary N) is 1. The van der Waals surface area contributed by atoms with Gasteiger partial charge in [0.25, 0.3) is 0 Å². The van der Waals surface area contributed by atoms with E-state index < -0.39 is 0 Å². The van der Waals surface area contributed by atoms with Crippen LogP contribution in [0.25, 0.3) is 10.8 Å². The SMILES string of the molecule is COc1c(C#N)c(OC)c2ccccc2c1CN(C)CC1(c2ccc(F)cc2)CCNCC1. The Balaban J connectivity index is 1.73. The Kier molecular flexibility index (Phi) is 6.83. The molecule has 4 rings (SSSR count). The van der Waals surface area contributed by atoms with Gasteiger partial charge >= 0.3 is 0 Å². The fraction of sp³-hybridized carbons (Fsp3) is 0.370. The van der Waals surface area contributed by atoms with Crippen LogP contribution in [0, 0.1) is 17.1 Å². The number of hydrogen-bond donors (Lipinski definition) is 1. The molecule has 33 heavy (non-hydrogen) atoms. The molecule has 0 spiro atoms. The first-order chi connectivity index (χ1) is 16.0. The Morgan fingerprint density at radius 1 is 1.00 bits per heavy atom.